The van der Waals surface area contributed by atoms with Gasteiger partial charge in [-0.3, -0.25) is 14.6 Å². The highest BCUT2D eigenvalue weighted by molar-refractivity contribution is 5.73. The molecule has 2 amide bonds. The van der Waals surface area contributed by atoms with Crippen molar-refractivity contribution in [3.05, 3.63) is 29.8 Å². The predicted molar refractivity (Wildman–Crippen MR) is 139 cm³/mol. The Bertz CT molecular complexity index is 946. The number of amides is 2. The molecule has 11 nitrogen and oxygen atoms in total. The second kappa shape index (κ2) is 13.8. The molecule has 3 unspecified atom stereocenters. The minimum Gasteiger partial charge on any atom is -0.491 e. The minimum absolute atomic E-state index is 0.102. The lowest BCUT2D eigenvalue weighted by atomic mass is 10.0. The lowest BCUT2D eigenvalue weighted by molar-refractivity contribution is -0.130. The molecule has 5 rings (SSSR count). The van der Waals surface area contributed by atoms with Gasteiger partial charge in [0.25, 0.3) is 0 Å². The van der Waals surface area contributed by atoms with Crippen LogP contribution in [0.15, 0.2) is 24.3 Å². The molecule has 2 bridgehead atoms. The maximum absolute atomic E-state index is 12.9. The number of hydrogen-bond acceptors (Lipinski definition) is 9. The Morgan fingerprint density at radius 3 is 2.55 bits per heavy atom. The van der Waals surface area contributed by atoms with Gasteiger partial charge in [0, 0.05) is 72.4 Å². The Morgan fingerprint density at radius 1 is 1.08 bits per heavy atom. The number of carbonyl (C=O) groups excluding carboxylic acids is 2. The fourth-order valence-electron chi connectivity index (χ4n) is 5.27. The topological polar surface area (TPSA) is 119 Å². The van der Waals surface area contributed by atoms with Gasteiger partial charge in [-0.15, -0.1) is 0 Å². The first-order chi connectivity index (χ1) is 18.4. The van der Waals surface area contributed by atoms with Gasteiger partial charge >= 0.3 is 6.09 Å². The van der Waals surface area contributed by atoms with E-state index >= 15 is 0 Å². The maximum atomic E-state index is 12.9. The summed E-state index contributed by atoms with van der Waals surface area (Å²) < 4.78 is 17.4. The zero-order valence-corrected chi connectivity index (χ0v) is 22.2. The van der Waals surface area contributed by atoms with Gasteiger partial charge in [-0.05, 0) is 36.6 Å². The highest BCUT2D eigenvalue weighted by Crippen LogP contribution is 2.20. The van der Waals surface area contributed by atoms with E-state index in [1.165, 1.54) is 0 Å². The summed E-state index contributed by atoms with van der Waals surface area (Å²) in [5, 5.41) is 19.5. The minimum atomic E-state index is -0.677. The maximum Gasteiger partial charge on any atom is 0.409 e. The molecular weight excluding hydrogens is 490 g/mol. The largest absolute Gasteiger partial charge is 0.491 e. The zero-order chi connectivity index (χ0) is 26.9. The van der Waals surface area contributed by atoms with Crippen LogP contribution in [0.1, 0.15) is 18.9 Å². The van der Waals surface area contributed by atoms with E-state index in [1.807, 2.05) is 4.90 Å². The first kappa shape index (κ1) is 28.1. The number of nitriles is 1. The fourth-order valence-corrected chi connectivity index (χ4v) is 5.27. The number of hydrogen-bond donors (Lipinski definition) is 1. The molecule has 3 atom stereocenters. The van der Waals surface area contributed by atoms with E-state index in [1.54, 1.807) is 36.1 Å². The van der Waals surface area contributed by atoms with E-state index in [2.05, 4.69) is 15.9 Å². The molecule has 4 heterocycles. The number of rotatable bonds is 8. The van der Waals surface area contributed by atoms with E-state index in [0.717, 1.165) is 26.1 Å². The smallest absolute Gasteiger partial charge is 0.409 e. The molecule has 208 valence electrons. The van der Waals surface area contributed by atoms with Gasteiger partial charge in [0.05, 0.1) is 24.3 Å². The van der Waals surface area contributed by atoms with Crippen LogP contribution in [0.4, 0.5) is 4.79 Å². The molecule has 0 aromatic heterocycles. The predicted octanol–water partition coefficient (Wildman–Crippen LogP) is 0.621. The lowest BCUT2D eigenvalue weighted by Crippen LogP contribution is -2.54. The second-order valence-electron chi connectivity index (χ2n) is 10.3. The zero-order valence-electron chi connectivity index (χ0n) is 22.2. The number of fused-ring (bicyclic) bond motifs is 6. The summed E-state index contributed by atoms with van der Waals surface area (Å²) in [5.74, 6) is 0.934. The van der Waals surface area contributed by atoms with Gasteiger partial charge in [-0.1, -0.05) is 0 Å². The molecule has 0 spiro atoms. The number of benzene rings is 1. The molecule has 1 aromatic rings. The summed E-state index contributed by atoms with van der Waals surface area (Å²) in [7, 11) is 0. The van der Waals surface area contributed by atoms with Crippen LogP contribution >= 0.6 is 0 Å². The Kier molecular flexibility index (Phi) is 10.2. The van der Waals surface area contributed by atoms with Crippen molar-refractivity contribution in [1.29, 1.82) is 5.26 Å². The van der Waals surface area contributed by atoms with Crippen LogP contribution in [-0.4, -0.2) is 134 Å². The molecule has 11 heteroatoms. The van der Waals surface area contributed by atoms with Crippen LogP contribution in [-0.2, 0) is 14.3 Å². The van der Waals surface area contributed by atoms with Crippen LogP contribution in [0.3, 0.4) is 0 Å². The second-order valence-corrected chi connectivity index (χ2v) is 10.3. The highest BCUT2D eigenvalue weighted by atomic mass is 16.6. The van der Waals surface area contributed by atoms with Gasteiger partial charge in [0.1, 0.15) is 25.1 Å². The van der Waals surface area contributed by atoms with Crippen molar-refractivity contribution in [2.45, 2.75) is 25.6 Å². The summed E-state index contributed by atoms with van der Waals surface area (Å²) in [5.41, 5.74) is 0.562. The van der Waals surface area contributed by atoms with E-state index in [9.17, 15) is 14.7 Å². The van der Waals surface area contributed by atoms with Gasteiger partial charge in [-0.25, -0.2) is 4.79 Å². The van der Waals surface area contributed by atoms with Crippen LogP contribution in [0.5, 0.6) is 5.75 Å². The highest BCUT2D eigenvalue weighted by Gasteiger charge is 2.33. The Hall–Kier alpha value is -2.91. The van der Waals surface area contributed by atoms with Crippen LogP contribution in [0, 0.1) is 17.2 Å². The summed E-state index contributed by atoms with van der Waals surface area (Å²) in [4.78, 5) is 32.4. The molecular formula is C27H39N5O6. The number of nitrogens with zero attached hydrogens (tertiary/aromatic N) is 5. The first-order valence-corrected chi connectivity index (χ1v) is 13.4. The monoisotopic (exact) mass is 529 g/mol. The summed E-state index contributed by atoms with van der Waals surface area (Å²) in [6, 6.07) is 8.89. The first-order valence-electron chi connectivity index (χ1n) is 13.4. The van der Waals surface area contributed by atoms with E-state index in [-0.39, 0.29) is 30.6 Å². The number of piperazine rings is 1. The molecule has 4 fully saturated rings. The van der Waals surface area contributed by atoms with Crippen molar-refractivity contribution in [2.24, 2.45) is 5.92 Å². The van der Waals surface area contributed by atoms with Gasteiger partial charge in [0.15, 0.2) is 0 Å². The molecule has 0 radical (unpaired) electrons. The molecule has 1 N–H and O–H groups in total. The Morgan fingerprint density at radius 2 is 1.84 bits per heavy atom. The number of ether oxygens (including phenoxy) is 3. The average Bonchev–Trinajstić information content (AvgIpc) is 2.88. The molecule has 4 saturated heterocycles. The van der Waals surface area contributed by atoms with Gasteiger partial charge < -0.3 is 29.1 Å². The van der Waals surface area contributed by atoms with Crippen molar-refractivity contribution in [3.63, 3.8) is 0 Å². The third-order valence-corrected chi connectivity index (χ3v) is 7.36. The Balaban J connectivity index is 1.20. The summed E-state index contributed by atoms with van der Waals surface area (Å²) in [6.45, 7) is 9.29. The fraction of sp³-hybridized carbons (Fsp3) is 0.667. The average molecular weight is 530 g/mol. The molecule has 38 heavy (non-hydrogen) atoms. The van der Waals surface area contributed by atoms with E-state index in [4.69, 9.17) is 19.5 Å². The van der Waals surface area contributed by atoms with Crippen LogP contribution in [0.25, 0.3) is 0 Å². The van der Waals surface area contributed by atoms with Crippen LogP contribution < -0.4 is 4.74 Å². The van der Waals surface area contributed by atoms with Crippen molar-refractivity contribution >= 4 is 12.0 Å². The number of aliphatic hydroxyl groups is 1. The summed E-state index contributed by atoms with van der Waals surface area (Å²) in [6.07, 6.45) is -0.300. The number of aliphatic hydroxyl groups excluding tert-OH is 1. The van der Waals surface area contributed by atoms with Crippen molar-refractivity contribution in [2.75, 3.05) is 85.3 Å². The standard InChI is InChI=1S/C27H39N5O6/c1-21(33)31-9-7-29(8-10-31)11-13-37-27(35)32-16-23-6-12-36-26(19-32)18-30(15-23)17-24(34)20-38-25-4-2-22(14-28)3-5-25/h2-5,23-24,26,34H,6-13,15-20H2,1H3. The molecule has 4 aliphatic rings. The SMILES string of the molecule is CC(=O)N1CCN(CCOC(=O)N2CC3CCOC(CN(CC(O)COc4ccc(C#N)cc4)C3)C2)CC1. The van der Waals surface area contributed by atoms with Crippen molar-refractivity contribution in [1.82, 2.24) is 19.6 Å². The Labute approximate surface area is 224 Å². The normalized spacial score (nSPS) is 23.6. The lowest BCUT2D eigenvalue weighted by Gasteiger charge is -2.41. The summed E-state index contributed by atoms with van der Waals surface area (Å²) >= 11 is 0. The van der Waals surface area contributed by atoms with Gasteiger partial charge in [0.2, 0.25) is 5.91 Å². The molecule has 4 aliphatic heterocycles. The van der Waals surface area contributed by atoms with E-state index < -0.39 is 6.10 Å². The molecule has 1 aromatic carbocycles. The quantitative estimate of drug-likeness (QED) is 0.517. The van der Waals surface area contributed by atoms with Gasteiger partial charge in [-0.2, -0.15) is 5.26 Å². The molecule has 0 saturated carbocycles. The van der Waals surface area contributed by atoms with Crippen molar-refractivity contribution < 1.29 is 28.9 Å². The van der Waals surface area contributed by atoms with Crippen molar-refractivity contribution in [3.8, 4) is 11.8 Å². The number of carbonyl (C=O) groups is 2. The third kappa shape index (κ3) is 8.30. The van der Waals surface area contributed by atoms with Crippen LogP contribution in [0.2, 0.25) is 0 Å². The third-order valence-electron chi connectivity index (χ3n) is 7.36. The molecule has 0 aliphatic carbocycles. The van der Waals surface area contributed by atoms with E-state index in [0.29, 0.717) is 70.3 Å².